The van der Waals surface area contributed by atoms with Crippen molar-refractivity contribution in [2.24, 2.45) is 23.7 Å². The van der Waals surface area contributed by atoms with E-state index in [9.17, 15) is 19.5 Å². The molecule has 0 saturated heterocycles. The van der Waals surface area contributed by atoms with Crippen LogP contribution < -0.4 is 16.0 Å². The second-order valence-corrected chi connectivity index (χ2v) is 6.04. The quantitative estimate of drug-likeness (QED) is 0.749. The van der Waals surface area contributed by atoms with Gasteiger partial charge in [-0.3, -0.25) is 20.4 Å². The standard InChI is InChI=1S/C15H18N2O5/c1-7-10(4-5-22-7)13(18)16-17-14(19)11-8-2-3-9(6-8)12(11)15(20)21/h4-5,8-9,11-12H,2-3,6H2,1H3,(H,16,18)(H,17,19)(H,20,21)/p-1. The number of aliphatic carboxylic acids is 1. The first-order valence-electron chi connectivity index (χ1n) is 7.34. The van der Waals surface area contributed by atoms with Gasteiger partial charge in [0, 0.05) is 11.9 Å². The van der Waals surface area contributed by atoms with Crippen LogP contribution in [-0.4, -0.2) is 17.8 Å². The summed E-state index contributed by atoms with van der Waals surface area (Å²) < 4.78 is 5.02. The first-order chi connectivity index (χ1) is 10.5. The van der Waals surface area contributed by atoms with E-state index in [1.807, 2.05) is 0 Å². The number of carbonyl (C=O) groups excluding carboxylic acids is 3. The normalized spacial score (nSPS) is 29.3. The van der Waals surface area contributed by atoms with Crippen molar-refractivity contribution in [3.05, 3.63) is 23.7 Å². The van der Waals surface area contributed by atoms with Gasteiger partial charge in [0.15, 0.2) is 0 Å². The maximum atomic E-state index is 12.3. The monoisotopic (exact) mass is 305 g/mol. The number of furan rings is 1. The Kier molecular flexibility index (Phi) is 3.64. The van der Waals surface area contributed by atoms with Gasteiger partial charge in [0.1, 0.15) is 5.76 Å². The fraction of sp³-hybridized carbons (Fsp3) is 0.533. The van der Waals surface area contributed by atoms with Crippen LogP contribution in [0.25, 0.3) is 0 Å². The van der Waals surface area contributed by atoms with Gasteiger partial charge >= 0.3 is 0 Å². The van der Waals surface area contributed by atoms with Crippen molar-refractivity contribution in [1.82, 2.24) is 10.9 Å². The number of rotatable bonds is 3. The lowest BCUT2D eigenvalue weighted by atomic mass is 9.79. The molecule has 22 heavy (non-hydrogen) atoms. The topological polar surface area (TPSA) is 111 Å². The number of hydrogen-bond donors (Lipinski definition) is 2. The van der Waals surface area contributed by atoms with E-state index in [0.29, 0.717) is 11.3 Å². The van der Waals surface area contributed by atoms with Crippen molar-refractivity contribution >= 4 is 17.8 Å². The molecule has 118 valence electrons. The van der Waals surface area contributed by atoms with Crippen LogP contribution in [0.4, 0.5) is 0 Å². The molecule has 0 aliphatic heterocycles. The third-order valence-corrected chi connectivity index (χ3v) is 4.89. The second-order valence-electron chi connectivity index (χ2n) is 6.04. The Bertz CT molecular complexity index is 623. The molecule has 2 aliphatic rings. The molecule has 7 nitrogen and oxygen atoms in total. The smallest absolute Gasteiger partial charge is 0.273 e. The molecule has 4 atom stereocenters. The fourth-order valence-electron chi connectivity index (χ4n) is 3.90. The number of amides is 2. The second kappa shape index (κ2) is 5.47. The zero-order valence-corrected chi connectivity index (χ0v) is 12.1. The Morgan fingerprint density at radius 3 is 2.45 bits per heavy atom. The Morgan fingerprint density at radius 2 is 1.86 bits per heavy atom. The summed E-state index contributed by atoms with van der Waals surface area (Å²) in [5.74, 6) is -3.01. The Hall–Kier alpha value is -2.31. The van der Waals surface area contributed by atoms with Gasteiger partial charge in [-0.05, 0) is 44.1 Å². The van der Waals surface area contributed by atoms with Gasteiger partial charge in [0.05, 0.1) is 17.7 Å². The van der Waals surface area contributed by atoms with Gasteiger partial charge in [-0.15, -0.1) is 0 Å². The first kappa shape index (κ1) is 14.6. The maximum Gasteiger partial charge on any atom is 0.273 e. The van der Waals surface area contributed by atoms with Crippen LogP contribution in [0, 0.1) is 30.6 Å². The molecule has 1 aromatic rings. The van der Waals surface area contributed by atoms with E-state index in [2.05, 4.69) is 10.9 Å². The van der Waals surface area contributed by atoms with Crippen molar-refractivity contribution in [2.45, 2.75) is 26.2 Å². The highest BCUT2D eigenvalue weighted by Crippen LogP contribution is 2.52. The fourth-order valence-corrected chi connectivity index (χ4v) is 3.90. The van der Waals surface area contributed by atoms with Gasteiger partial charge in [0.2, 0.25) is 5.91 Å². The molecule has 2 amide bonds. The molecule has 7 heteroatoms. The summed E-state index contributed by atoms with van der Waals surface area (Å²) in [4.78, 5) is 35.5. The molecule has 2 aliphatic carbocycles. The molecule has 2 fully saturated rings. The third-order valence-electron chi connectivity index (χ3n) is 4.89. The van der Waals surface area contributed by atoms with Crippen LogP contribution in [-0.2, 0) is 9.59 Å². The predicted octanol–water partition coefficient (Wildman–Crippen LogP) is -0.239. The van der Waals surface area contributed by atoms with E-state index in [1.165, 1.54) is 12.3 Å². The zero-order valence-electron chi connectivity index (χ0n) is 12.1. The summed E-state index contributed by atoms with van der Waals surface area (Å²) in [7, 11) is 0. The molecule has 2 N–H and O–H groups in total. The van der Waals surface area contributed by atoms with Crippen LogP contribution in [0.1, 0.15) is 35.4 Å². The molecule has 2 bridgehead atoms. The van der Waals surface area contributed by atoms with Crippen molar-refractivity contribution < 1.29 is 23.9 Å². The highest BCUT2D eigenvalue weighted by molar-refractivity contribution is 5.96. The van der Waals surface area contributed by atoms with E-state index >= 15 is 0 Å². The highest BCUT2D eigenvalue weighted by atomic mass is 16.4. The van der Waals surface area contributed by atoms with Gasteiger partial charge in [0.25, 0.3) is 5.91 Å². The number of hydrogen-bond acceptors (Lipinski definition) is 5. The minimum absolute atomic E-state index is 0.0116. The minimum atomic E-state index is -1.18. The summed E-state index contributed by atoms with van der Waals surface area (Å²) in [6.45, 7) is 1.64. The molecule has 3 rings (SSSR count). The average Bonchev–Trinajstić information content (AvgIpc) is 3.18. The molecular weight excluding hydrogens is 288 g/mol. The molecule has 1 heterocycles. The van der Waals surface area contributed by atoms with E-state index in [0.717, 1.165) is 19.3 Å². The van der Waals surface area contributed by atoms with E-state index in [4.69, 9.17) is 4.42 Å². The minimum Gasteiger partial charge on any atom is -0.550 e. The molecule has 1 aromatic heterocycles. The summed E-state index contributed by atoms with van der Waals surface area (Å²) >= 11 is 0. The van der Waals surface area contributed by atoms with Gasteiger partial charge in [-0.25, -0.2) is 0 Å². The average molecular weight is 305 g/mol. The summed E-state index contributed by atoms with van der Waals surface area (Å²) in [6.07, 6.45) is 3.80. The molecule has 0 aromatic carbocycles. The zero-order chi connectivity index (χ0) is 15.9. The number of hydrazine groups is 1. The number of carbonyl (C=O) groups is 3. The first-order valence-corrected chi connectivity index (χ1v) is 7.34. The maximum absolute atomic E-state index is 12.3. The van der Waals surface area contributed by atoms with Crippen LogP contribution in [0.3, 0.4) is 0 Å². The van der Waals surface area contributed by atoms with Crippen molar-refractivity contribution in [3.63, 3.8) is 0 Å². The summed E-state index contributed by atoms with van der Waals surface area (Å²) in [5.41, 5.74) is 4.97. The number of fused-ring (bicyclic) bond motifs is 2. The molecule has 4 unspecified atom stereocenters. The van der Waals surface area contributed by atoms with Crippen LogP contribution >= 0.6 is 0 Å². The van der Waals surface area contributed by atoms with Gasteiger partial charge in [-0.2, -0.15) is 0 Å². The van der Waals surface area contributed by atoms with Crippen molar-refractivity contribution in [1.29, 1.82) is 0 Å². The van der Waals surface area contributed by atoms with Gasteiger partial charge in [-0.1, -0.05) is 0 Å². The molecular formula is C15H17N2O5-. The van der Waals surface area contributed by atoms with Crippen molar-refractivity contribution in [2.75, 3.05) is 0 Å². The predicted molar refractivity (Wildman–Crippen MR) is 71.9 cm³/mol. The largest absolute Gasteiger partial charge is 0.550 e. The molecule has 0 radical (unpaired) electrons. The number of carboxylic acids is 1. The SMILES string of the molecule is Cc1occc1C(=O)NNC(=O)C1C2CCC(C2)C1C(=O)[O-]. The Balaban J connectivity index is 1.63. The van der Waals surface area contributed by atoms with E-state index < -0.39 is 29.6 Å². The van der Waals surface area contributed by atoms with E-state index in [1.54, 1.807) is 6.92 Å². The van der Waals surface area contributed by atoms with E-state index in [-0.39, 0.29) is 11.8 Å². The Morgan fingerprint density at radius 1 is 1.18 bits per heavy atom. The summed E-state index contributed by atoms with van der Waals surface area (Å²) in [5, 5.41) is 11.3. The Labute approximate surface area is 127 Å². The van der Waals surface area contributed by atoms with Gasteiger partial charge < -0.3 is 14.3 Å². The van der Waals surface area contributed by atoms with Crippen LogP contribution in [0.15, 0.2) is 16.7 Å². The lowest BCUT2D eigenvalue weighted by Gasteiger charge is -2.30. The lowest BCUT2D eigenvalue weighted by molar-refractivity contribution is -0.314. The number of nitrogens with one attached hydrogen (secondary N) is 2. The van der Waals surface area contributed by atoms with Crippen LogP contribution in [0.2, 0.25) is 0 Å². The highest BCUT2D eigenvalue weighted by Gasteiger charge is 2.51. The van der Waals surface area contributed by atoms with Crippen molar-refractivity contribution in [3.8, 4) is 0 Å². The number of aryl methyl sites for hydroxylation is 1. The molecule has 0 spiro atoms. The number of carboxylic acid groups (broad SMARTS) is 1. The van der Waals surface area contributed by atoms with Crippen LogP contribution in [0.5, 0.6) is 0 Å². The lowest BCUT2D eigenvalue weighted by Crippen LogP contribution is -2.50. The molecule has 2 saturated carbocycles. The summed E-state index contributed by atoms with van der Waals surface area (Å²) in [6, 6.07) is 1.50. The third kappa shape index (κ3) is 2.36.